The summed E-state index contributed by atoms with van der Waals surface area (Å²) in [4.78, 5) is 10.8. The number of ether oxygens (including phenoxy) is 2. The summed E-state index contributed by atoms with van der Waals surface area (Å²) in [7, 11) is 0. The summed E-state index contributed by atoms with van der Waals surface area (Å²) in [6.07, 6.45) is -4.53. The highest BCUT2D eigenvalue weighted by Crippen LogP contribution is 2.41. The molecule has 0 fully saturated rings. The van der Waals surface area contributed by atoms with Crippen LogP contribution >= 0.6 is 11.6 Å². The number of carboxylic acid groups (broad SMARTS) is 1. The van der Waals surface area contributed by atoms with Crippen LogP contribution in [0, 0.1) is 0 Å². The molecule has 1 heterocycles. The van der Waals surface area contributed by atoms with Crippen molar-refractivity contribution in [2.45, 2.75) is 18.5 Å². The average Bonchev–Trinajstić information content (AvgIpc) is 2.90. The lowest BCUT2D eigenvalue weighted by molar-refractivity contribution is -0.138. The van der Waals surface area contributed by atoms with Crippen LogP contribution < -0.4 is 9.47 Å². The molecule has 0 saturated carbocycles. The number of benzene rings is 2. The van der Waals surface area contributed by atoms with Gasteiger partial charge in [0.05, 0.1) is 23.6 Å². The Bertz CT molecular complexity index is 820. The summed E-state index contributed by atoms with van der Waals surface area (Å²) < 4.78 is 48.9. The van der Waals surface area contributed by atoms with E-state index in [1.807, 2.05) is 0 Å². The molecule has 132 valence electrons. The first-order valence-electron chi connectivity index (χ1n) is 7.27. The SMILES string of the molecule is O=C(O)CC1COc2cc(Oc3ccc(C(F)(F)F)cc3Cl)ccc21. The summed E-state index contributed by atoms with van der Waals surface area (Å²) in [5, 5.41) is 8.72. The second-order valence-electron chi connectivity index (χ2n) is 5.55. The molecule has 1 unspecified atom stereocenters. The Hall–Kier alpha value is -2.41. The van der Waals surface area contributed by atoms with Gasteiger partial charge < -0.3 is 14.6 Å². The van der Waals surface area contributed by atoms with Gasteiger partial charge in [0.25, 0.3) is 0 Å². The number of halogens is 4. The number of hydrogen-bond acceptors (Lipinski definition) is 3. The van der Waals surface area contributed by atoms with Crippen molar-refractivity contribution in [3.8, 4) is 17.2 Å². The smallest absolute Gasteiger partial charge is 0.416 e. The molecule has 0 saturated heterocycles. The molecule has 2 aromatic carbocycles. The maximum Gasteiger partial charge on any atom is 0.416 e. The molecule has 1 aliphatic rings. The third kappa shape index (κ3) is 3.82. The minimum atomic E-state index is -4.48. The maximum atomic E-state index is 12.6. The van der Waals surface area contributed by atoms with Crippen molar-refractivity contribution in [1.82, 2.24) is 0 Å². The van der Waals surface area contributed by atoms with Crippen molar-refractivity contribution < 1.29 is 32.5 Å². The molecule has 25 heavy (non-hydrogen) atoms. The molecule has 0 bridgehead atoms. The average molecular weight is 373 g/mol. The van der Waals surface area contributed by atoms with Crippen LogP contribution in [-0.4, -0.2) is 17.7 Å². The van der Waals surface area contributed by atoms with E-state index in [0.717, 1.165) is 23.8 Å². The number of hydrogen-bond donors (Lipinski definition) is 1. The monoisotopic (exact) mass is 372 g/mol. The molecule has 1 atom stereocenters. The standard InChI is InChI=1S/C17H12ClF3O4/c18-13-6-10(17(19,20)21)1-4-14(13)25-11-2-3-12-9(5-16(22)23)8-24-15(12)7-11/h1-4,6-7,9H,5,8H2,(H,22,23). The molecule has 3 rings (SSSR count). The number of carboxylic acids is 1. The highest BCUT2D eigenvalue weighted by molar-refractivity contribution is 6.32. The minimum Gasteiger partial charge on any atom is -0.492 e. The zero-order chi connectivity index (χ0) is 18.2. The van der Waals surface area contributed by atoms with Crippen molar-refractivity contribution in [2.75, 3.05) is 6.61 Å². The van der Waals surface area contributed by atoms with Crippen LogP contribution in [-0.2, 0) is 11.0 Å². The largest absolute Gasteiger partial charge is 0.492 e. The fraction of sp³-hybridized carbons (Fsp3) is 0.235. The predicted octanol–water partition coefficient (Wildman–Crippen LogP) is 5.10. The molecule has 0 amide bonds. The van der Waals surface area contributed by atoms with E-state index >= 15 is 0 Å². The first-order valence-corrected chi connectivity index (χ1v) is 7.65. The van der Waals surface area contributed by atoms with Crippen molar-refractivity contribution in [2.24, 2.45) is 0 Å². The van der Waals surface area contributed by atoms with Crippen LogP contribution in [0.4, 0.5) is 13.2 Å². The fourth-order valence-electron chi connectivity index (χ4n) is 2.59. The second-order valence-corrected chi connectivity index (χ2v) is 5.96. The van der Waals surface area contributed by atoms with E-state index in [0.29, 0.717) is 11.5 Å². The Balaban J connectivity index is 1.80. The topological polar surface area (TPSA) is 55.8 Å². The van der Waals surface area contributed by atoms with Crippen LogP contribution in [0.3, 0.4) is 0 Å². The summed E-state index contributed by atoms with van der Waals surface area (Å²) in [6, 6.07) is 7.66. The molecule has 4 nitrogen and oxygen atoms in total. The number of carbonyl (C=O) groups is 1. The molecule has 0 aromatic heterocycles. The van der Waals surface area contributed by atoms with E-state index in [1.54, 1.807) is 18.2 Å². The van der Waals surface area contributed by atoms with E-state index in [-0.39, 0.29) is 29.7 Å². The van der Waals surface area contributed by atoms with Crippen molar-refractivity contribution in [3.05, 3.63) is 52.5 Å². The van der Waals surface area contributed by atoms with Gasteiger partial charge in [-0.3, -0.25) is 4.79 Å². The van der Waals surface area contributed by atoms with Gasteiger partial charge >= 0.3 is 12.1 Å². The number of aliphatic carboxylic acids is 1. The fourth-order valence-corrected chi connectivity index (χ4v) is 2.81. The molecule has 8 heteroatoms. The van der Waals surface area contributed by atoms with Gasteiger partial charge in [-0.15, -0.1) is 0 Å². The van der Waals surface area contributed by atoms with Gasteiger partial charge in [0.1, 0.15) is 17.2 Å². The molecule has 1 aliphatic heterocycles. The van der Waals surface area contributed by atoms with E-state index in [9.17, 15) is 18.0 Å². The zero-order valence-corrected chi connectivity index (χ0v) is 13.4. The minimum absolute atomic E-state index is 0.0437. The van der Waals surface area contributed by atoms with Crippen LogP contribution in [0.1, 0.15) is 23.5 Å². The van der Waals surface area contributed by atoms with Gasteiger partial charge in [-0.2, -0.15) is 13.2 Å². The van der Waals surface area contributed by atoms with Crippen molar-refractivity contribution in [3.63, 3.8) is 0 Å². The van der Waals surface area contributed by atoms with Crippen molar-refractivity contribution >= 4 is 17.6 Å². The van der Waals surface area contributed by atoms with Gasteiger partial charge in [-0.1, -0.05) is 17.7 Å². The van der Waals surface area contributed by atoms with Gasteiger partial charge in [0, 0.05) is 17.5 Å². The van der Waals surface area contributed by atoms with Crippen molar-refractivity contribution in [1.29, 1.82) is 0 Å². The Kier molecular flexibility index (Phi) is 4.51. The van der Waals surface area contributed by atoms with Crippen LogP contribution in [0.15, 0.2) is 36.4 Å². The molecule has 0 radical (unpaired) electrons. The maximum absolute atomic E-state index is 12.6. The highest BCUT2D eigenvalue weighted by Gasteiger charge is 2.31. The quantitative estimate of drug-likeness (QED) is 0.811. The Morgan fingerprint density at radius 3 is 2.68 bits per heavy atom. The highest BCUT2D eigenvalue weighted by atomic mass is 35.5. The second kappa shape index (κ2) is 6.48. The van der Waals surface area contributed by atoms with Gasteiger partial charge in [-0.25, -0.2) is 0 Å². The molecular weight excluding hydrogens is 361 g/mol. The third-order valence-corrected chi connectivity index (χ3v) is 4.07. The molecule has 0 aliphatic carbocycles. The lowest BCUT2D eigenvalue weighted by atomic mass is 9.98. The summed E-state index contributed by atoms with van der Waals surface area (Å²) in [6.45, 7) is 0.256. The van der Waals surface area contributed by atoms with Crippen LogP contribution in [0.2, 0.25) is 5.02 Å². The molecule has 0 spiro atoms. The van der Waals surface area contributed by atoms with Gasteiger partial charge in [-0.05, 0) is 24.3 Å². The number of rotatable bonds is 4. The summed E-state index contributed by atoms with van der Waals surface area (Å²) in [5.41, 5.74) is -0.105. The Labute approximate surface area is 145 Å². The number of fused-ring (bicyclic) bond motifs is 1. The lowest BCUT2D eigenvalue weighted by Crippen LogP contribution is -2.07. The Morgan fingerprint density at radius 1 is 1.28 bits per heavy atom. The van der Waals surface area contributed by atoms with Gasteiger partial charge in [0.15, 0.2) is 0 Å². The van der Waals surface area contributed by atoms with Crippen LogP contribution in [0.25, 0.3) is 0 Å². The zero-order valence-electron chi connectivity index (χ0n) is 12.6. The van der Waals surface area contributed by atoms with E-state index in [1.165, 1.54) is 0 Å². The van der Waals surface area contributed by atoms with E-state index in [2.05, 4.69) is 0 Å². The predicted molar refractivity (Wildman–Crippen MR) is 83.5 cm³/mol. The van der Waals surface area contributed by atoms with E-state index in [4.69, 9.17) is 26.2 Å². The first kappa shape index (κ1) is 17.4. The summed E-state index contributed by atoms with van der Waals surface area (Å²) >= 11 is 5.86. The van der Waals surface area contributed by atoms with Crippen LogP contribution in [0.5, 0.6) is 17.2 Å². The molecular formula is C17H12ClF3O4. The van der Waals surface area contributed by atoms with Gasteiger partial charge in [0.2, 0.25) is 0 Å². The third-order valence-electron chi connectivity index (χ3n) is 3.77. The normalized spacial score (nSPS) is 16.2. The van der Waals surface area contributed by atoms with E-state index < -0.39 is 17.7 Å². The lowest BCUT2D eigenvalue weighted by Gasteiger charge is -2.12. The molecule has 2 aromatic rings. The number of alkyl halides is 3. The first-order chi connectivity index (χ1) is 11.7. The summed E-state index contributed by atoms with van der Waals surface area (Å²) in [5.74, 6) is -0.257. The molecule has 1 N–H and O–H groups in total. The Morgan fingerprint density at radius 2 is 2.04 bits per heavy atom.